The van der Waals surface area contributed by atoms with Gasteiger partial charge in [0.2, 0.25) is 0 Å². The van der Waals surface area contributed by atoms with Crippen LogP contribution in [0.2, 0.25) is 0 Å². The first kappa shape index (κ1) is 14.7. The van der Waals surface area contributed by atoms with Crippen LogP contribution in [-0.4, -0.2) is 25.9 Å². The van der Waals surface area contributed by atoms with E-state index in [-0.39, 0.29) is 31.8 Å². The summed E-state index contributed by atoms with van der Waals surface area (Å²) in [5.74, 6) is 0.00168. The van der Waals surface area contributed by atoms with Gasteiger partial charge in [0, 0.05) is 0 Å². The van der Waals surface area contributed by atoms with E-state index in [9.17, 15) is 18.0 Å². The summed E-state index contributed by atoms with van der Waals surface area (Å²) in [6.45, 7) is -0.354. The smallest absolute Gasteiger partial charge is 0.397 e. The second-order valence-corrected chi connectivity index (χ2v) is 4.96. The molecule has 0 unspecified atom stereocenters. The fraction of sp³-hybridized carbons (Fsp3) is 0.500. The molecule has 1 saturated carbocycles. The molecule has 20 heavy (non-hydrogen) atoms. The van der Waals surface area contributed by atoms with Crippen LogP contribution in [0.25, 0.3) is 0 Å². The molecule has 1 aliphatic rings. The van der Waals surface area contributed by atoms with Gasteiger partial charge in [0.05, 0.1) is 13.5 Å². The van der Waals surface area contributed by atoms with E-state index in [0.29, 0.717) is 5.75 Å². The SMILES string of the molecule is COC(=O)Cc1ccc(OCC2(C(F)(F)F)CC2)cc1. The van der Waals surface area contributed by atoms with Gasteiger partial charge < -0.3 is 9.47 Å². The van der Waals surface area contributed by atoms with Crippen molar-refractivity contribution in [1.29, 1.82) is 0 Å². The van der Waals surface area contributed by atoms with Crippen molar-refractivity contribution in [3.63, 3.8) is 0 Å². The Labute approximate surface area is 114 Å². The van der Waals surface area contributed by atoms with Crippen LogP contribution in [0, 0.1) is 5.41 Å². The van der Waals surface area contributed by atoms with Crippen LogP contribution in [0.15, 0.2) is 24.3 Å². The summed E-state index contributed by atoms with van der Waals surface area (Å²) in [5, 5.41) is 0. The van der Waals surface area contributed by atoms with E-state index in [4.69, 9.17) is 4.74 Å². The fourth-order valence-electron chi connectivity index (χ4n) is 1.82. The minimum absolute atomic E-state index is 0.122. The van der Waals surface area contributed by atoms with Crippen molar-refractivity contribution in [1.82, 2.24) is 0 Å². The first-order valence-electron chi connectivity index (χ1n) is 6.22. The molecule has 1 aromatic carbocycles. The van der Waals surface area contributed by atoms with Gasteiger partial charge in [0.15, 0.2) is 0 Å². The Kier molecular flexibility index (Phi) is 3.92. The molecule has 1 fully saturated rings. The zero-order chi connectivity index (χ0) is 14.8. The first-order valence-corrected chi connectivity index (χ1v) is 6.22. The van der Waals surface area contributed by atoms with Crippen molar-refractivity contribution in [2.75, 3.05) is 13.7 Å². The summed E-state index contributed by atoms with van der Waals surface area (Å²) in [5.41, 5.74) is -0.946. The average molecular weight is 288 g/mol. The van der Waals surface area contributed by atoms with Gasteiger partial charge in [0.1, 0.15) is 17.8 Å². The van der Waals surface area contributed by atoms with Gasteiger partial charge in [-0.1, -0.05) is 12.1 Å². The van der Waals surface area contributed by atoms with E-state index >= 15 is 0 Å². The summed E-state index contributed by atoms with van der Waals surface area (Å²) in [4.78, 5) is 11.1. The number of halogens is 3. The van der Waals surface area contributed by atoms with Crippen molar-refractivity contribution in [3.8, 4) is 5.75 Å². The molecule has 1 aliphatic carbocycles. The molecular weight excluding hydrogens is 273 g/mol. The lowest BCUT2D eigenvalue weighted by molar-refractivity contribution is -0.194. The van der Waals surface area contributed by atoms with Gasteiger partial charge in [0.25, 0.3) is 0 Å². The molecule has 0 N–H and O–H groups in total. The number of carbonyl (C=O) groups is 1. The number of ether oxygens (including phenoxy) is 2. The molecule has 0 spiro atoms. The largest absolute Gasteiger partial charge is 0.493 e. The molecule has 110 valence electrons. The van der Waals surface area contributed by atoms with Gasteiger partial charge >= 0.3 is 12.1 Å². The molecule has 0 bridgehead atoms. The van der Waals surface area contributed by atoms with Gasteiger partial charge in [-0.15, -0.1) is 0 Å². The Balaban J connectivity index is 1.90. The number of hydrogen-bond acceptors (Lipinski definition) is 3. The van der Waals surface area contributed by atoms with Crippen molar-refractivity contribution >= 4 is 5.97 Å². The summed E-state index contributed by atoms with van der Waals surface area (Å²) < 4.78 is 47.9. The number of carbonyl (C=O) groups excluding carboxylic acids is 1. The maximum Gasteiger partial charge on any atom is 0.397 e. The number of alkyl halides is 3. The molecule has 6 heteroatoms. The second kappa shape index (κ2) is 5.34. The summed E-state index contributed by atoms with van der Waals surface area (Å²) >= 11 is 0. The van der Waals surface area contributed by atoms with Crippen LogP contribution < -0.4 is 4.74 Å². The van der Waals surface area contributed by atoms with E-state index in [1.54, 1.807) is 24.3 Å². The third-order valence-corrected chi connectivity index (χ3v) is 3.47. The van der Waals surface area contributed by atoms with E-state index in [1.807, 2.05) is 0 Å². The Bertz CT molecular complexity index is 475. The third-order valence-electron chi connectivity index (χ3n) is 3.47. The monoisotopic (exact) mass is 288 g/mol. The predicted octanol–water partition coefficient (Wildman–Crippen LogP) is 3.12. The van der Waals surface area contributed by atoms with Crippen LogP contribution in [0.5, 0.6) is 5.75 Å². The molecule has 2 rings (SSSR count). The lowest BCUT2D eigenvalue weighted by Gasteiger charge is -2.19. The molecule has 0 saturated heterocycles. The number of benzene rings is 1. The van der Waals surface area contributed by atoms with Crippen LogP contribution in [0.4, 0.5) is 13.2 Å². The maximum atomic E-state index is 12.7. The minimum atomic E-state index is -4.21. The minimum Gasteiger partial charge on any atom is -0.493 e. The molecule has 0 heterocycles. The lowest BCUT2D eigenvalue weighted by atomic mass is 10.1. The van der Waals surface area contributed by atoms with Gasteiger partial charge in [-0.25, -0.2) is 0 Å². The lowest BCUT2D eigenvalue weighted by Crippen LogP contribution is -2.30. The zero-order valence-electron chi connectivity index (χ0n) is 11.0. The number of rotatable bonds is 5. The van der Waals surface area contributed by atoms with Crippen LogP contribution >= 0.6 is 0 Å². The molecule has 1 aromatic rings. The van der Waals surface area contributed by atoms with E-state index in [1.165, 1.54) is 7.11 Å². The average Bonchev–Trinajstić information content (AvgIpc) is 3.18. The topological polar surface area (TPSA) is 35.5 Å². The quantitative estimate of drug-likeness (QED) is 0.781. The molecule has 0 aliphatic heterocycles. The second-order valence-electron chi connectivity index (χ2n) is 4.96. The Morgan fingerprint density at radius 3 is 2.30 bits per heavy atom. The molecule has 3 nitrogen and oxygen atoms in total. The van der Waals surface area contributed by atoms with Gasteiger partial charge in [-0.3, -0.25) is 4.79 Å². The Morgan fingerprint density at radius 2 is 1.85 bits per heavy atom. The number of methoxy groups -OCH3 is 1. The van der Waals surface area contributed by atoms with Crippen LogP contribution in [0.3, 0.4) is 0 Å². The molecule has 0 atom stereocenters. The first-order chi connectivity index (χ1) is 9.36. The normalized spacial score (nSPS) is 16.6. The number of hydrogen-bond donors (Lipinski definition) is 0. The van der Waals surface area contributed by atoms with E-state index in [0.717, 1.165) is 5.56 Å². The third kappa shape index (κ3) is 3.23. The highest BCUT2D eigenvalue weighted by atomic mass is 19.4. The highest BCUT2D eigenvalue weighted by molar-refractivity contribution is 5.72. The molecular formula is C14H15F3O3. The van der Waals surface area contributed by atoms with E-state index in [2.05, 4.69) is 4.74 Å². The van der Waals surface area contributed by atoms with Crippen LogP contribution in [0.1, 0.15) is 18.4 Å². The van der Waals surface area contributed by atoms with Crippen molar-refractivity contribution in [2.24, 2.45) is 5.41 Å². The summed E-state index contributed by atoms with van der Waals surface area (Å²) in [6, 6.07) is 6.40. The molecule has 0 aromatic heterocycles. The summed E-state index contributed by atoms with van der Waals surface area (Å²) in [7, 11) is 1.30. The van der Waals surface area contributed by atoms with Crippen molar-refractivity contribution in [3.05, 3.63) is 29.8 Å². The number of esters is 1. The Morgan fingerprint density at radius 1 is 1.25 bits per heavy atom. The molecule has 0 amide bonds. The highest BCUT2D eigenvalue weighted by Crippen LogP contribution is 2.57. The standard InChI is InChI=1S/C14H15F3O3/c1-19-12(18)8-10-2-4-11(5-3-10)20-9-13(6-7-13)14(15,16)17/h2-5H,6-9H2,1H3. The summed E-state index contributed by atoms with van der Waals surface area (Å²) in [6.07, 6.45) is -3.84. The molecule has 0 radical (unpaired) electrons. The van der Waals surface area contributed by atoms with Crippen molar-refractivity contribution in [2.45, 2.75) is 25.4 Å². The zero-order valence-corrected chi connectivity index (χ0v) is 11.0. The van der Waals surface area contributed by atoms with Crippen molar-refractivity contribution < 1.29 is 27.4 Å². The van der Waals surface area contributed by atoms with Crippen LogP contribution in [-0.2, 0) is 16.0 Å². The fourth-order valence-corrected chi connectivity index (χ4v) is 1.82. The highest BCUT2D eigenvalue weighted by Gasteiger charge is 2.63. The van der Waals surface area contributed by atoms with E-state index < -0.39 is 11.6 Å². The predicted molar refractivity (Wildman–Crippen MR) is 65.4 cm³/mol. The maximum absolute atomic E-state index is 12.7. The van der Waals surface area contributed by atoms with Gasteiger partial charge in [-0.2, -0.15) is 13.2 Å². The Hall–Kier alpha value is -1.72. The van der Waals surface area contributed by atoms with Gasteiger partial charge in [-0.05, 0) is 30.5 Å².